The Morgan fingerprint density at radius 3 is 2.96 bits per heavy atom. The molecular formula is C21H25N3OS. The first-order valence-electron chi connectivity index (χ1n) is 9.43. The molecule has 4 rings (SSSR count). The van der Waals surface area contributed by atoms with Gasteiger partial charge in [0.05, 0.1) is 11.4 Å². The first kappa shape index (κ1) is 17.4. The Hall–Kier alpha value is -1.98. The van der Waals surface area contributed by atoms with E-state index < -0.39 is 0 Å². The number of nitrogens with zero attached hydrogens (tertiary/aromatic N) is 1. The first-order valence-corrected chi connectivity index (χ1v) is 10.2. The average molecular weight is 368 g/mol. The van der Waals surface area contributed by atoms with Crippen molar-refractivity contribution >= 4 is 21.6 Å². The van der Waals surface area contributed by atoms with E-state index in [-0.39, 0.29) is 11.6 Å². The van der Waals surface area contributed by atoms with Crippen molar-refractivity contribution in [1.29, 1.82) is 0 Å². The second-order valence-corrected chi connectivity index (χ2v) is 8.48. The van der Waals surface area contributed by atoms with Crippen LogP contribution in [0.5, 0.6) is 0 Å². The van der Waals surface area contributed by atoms with Crippen LogP contribution in [0.1, 0.15) is 48.1 Å². The van der Waals surface area contributed by atoms with E-state index in [2.05, 4.69) is 48.4 Å². The first-order chi connectivity index (χ1) is 12.6. The molecule has 0 saturated carbocycles. The molecule has 0 bridgehead atoms. The highest BCUT2D eigenvalue weighted by molar-refractivity contribution is 7.18. The van der Waals surface area contributed by atoms with Crippen LogP contribution in [0, 0.1) is 5.92 Å². The van der Waals surface area contributed by atoms with Crippen molar-refractivity contribution in [2.24, 2.45) is 5.92 Å². The van der Waals surface area contributed by atoms with Crippen LogP contribution >= 0.6 is 11.3 Å². The van der Waals surface area contributed by atoms with Gasteiger partial charge in [0, 0.05) is 4.88 Å². The van der Waals surface area contributed by atoms with Gasteiger partial charge in [-0.3, -0.25) is 4.79 Å². The van der Waals surface area contributed by atoms with E-state index in [4.69, 9.17) is 4.98 Å². The van der Waals surface area contributed by atoms with Crippen LogP contribution in [-0.2, 0) is 19.3 Å². The summed E-state index contributed by atoms with van der Waals surface area (Å²) < 4.78 is 0. The number of nitrogens with one attached hydrogen (secondary N) is 2. The molecule has 1 aliphatic rings. The summed E-state index contributed by atoms with van der Waals surface area (Å²) in [6.07, 6.45) is 4.21. The average Bonchev–Trinajstić information content (AvgIpc) is 3.00. The van der Waals surface area contributed by atoms with E-state index in [0.717, 1.165) is 48.3 Å². The van der Waals surface area contributed by atoms with Gasteiger partial charge in [0.25, 0.3) is 5.56 Å². The Morgan fingerprint density at radius 2 is 2.15 bits per heavy atom. The van der Waals surface area contributed by atoms with Gasteiger partial charge in [-0.15, -0.1) is 11.3 Å². The third-order valence-corrected chi connectivity index (χ3v) is 6.45. The van der Waals surface area contributed by atoms with Crippen molar-refractivity contribution in [2.75, 3.05) is 6.54 Å². The summed E-state index contributed by atoms with van der Waals surface area (Å²) in [6, 6.07) is 10.4. The molecular weight excluding hydrogens is 342 g/mol. The highest BCUT2D eigenvalue weighted by Gasteiger charge is 2.23. The Morgan fingerprint density at radius 1 is 1.35 bits per heavy atom. The lowest BCUT2D eigenvalue weighted by Crippen LogP contribution is -2.25. The molecule has 0 amide bonds. The minimum atomic E-state index is 0.0220. The summed E-state index contributed by atoms with van der Waals surface area (Å²) in [4.78, 5) is 22.8. The molecule has 0 aliphatic heterocycles. The Balaban J connectivity index is 1.52. The van der Waals surface area contributed by atoms with Crippen LogP contribution in [0.2, 0.25) is 0 Å². The number of rotatable bonds is 5. The van der Waals surface area contributed by atoms with Gasteiger partial charge in [-0.1, -0.05) is 37.3 Å². The maximum absolute atomic E-state index is 12.7. The zero-order valence-corrected chi connectivity index (χ0v) is 16.2. The van der Waals surface area contributed by atoms with Crippen LogP contribution in [0.15, 0.2) is 35.1 Å². The quantitative estimate of drug-likeness (QED) is 0.716. The fraction of sp³-hybridized carbons (Fsp3) is 0.429. The molecule has 26 heavy (non-hydrogen) atoms. The van der Waals surface area contributed by atoms with Crippen LogP contribution in [0.4, 0.5) is 0 Å². The summed E-state index contributed by atoms with van der Waals surface area (Å²) >= 11 is 1.71. The molecule has 2 heterocycles. The van der Waals surface area contributed by atoms with E-state index in [1.165, 1.54) is 16.0 Å². The lowest BCUT2D eigenvalue weighted by molar-refractivity contribution is 0.509. The number of hydrogen-bond donors (Lipinski definition) is 2. The molecule has 3 aromatic rings. The normalized spacial score (nSPS) is 18.0. The van der Waals surface area contributed by atoms with E-state index in [9.17, 15) is 4.79 Å². The van der Waals surface area contributed by atoms with Gasteiger partial charge in [-0.25, -0.2) is 4.98 Å². The zero-order valence-electron chi connectivity index (χ0n) is 15.3. The van der Waals surface area contributed by atoms with Crippen LogP contribution in [0.25, 0.3) is 10.2 Å². The van der Waals surface area contributed by atoms with Crippen LogP contribution in [0.3, 0.4) is 0 Å². The number of aryl methyl sites for hydroxylation is 1. The maximum atomic E-state index is 12.7. The molecule has 0 saturated heterocycles. The van der Waals surface area contributed by atoms with Gasteiger partial charge in [0.15, 0.2) is 0 Å². The fourth-order valence-electron chi connectivity index (χ4n) is 3.74. The molecule has 0 fully saturated rings. The summed E-state index contributed by atoms with van der Waals surface area (Å²) in [5, 5.41) is 4.31. The molecule has 0 unspecified atom stereocenters. The SMILES string of the molecule is C[C@@H]1CCc2c(sc3nc([C@H](C)NCCc4ccccc4)[nH]c(=O)c23)C1. The molecule has 5 heteroatoms. The van der Waals surface area contributed by atoms with Crippen molar-refractivity contribution in [3.05, 3.63) is 62.5 Å². The van der Waals surface area contributed by atoms with Crippen molar-refractivity contribution in [2.45, 2.75) is 45.6 Å². The van der Waals surface area contributed by atoms with E-state index in [1.54, 1.807) is 11.3 Å². The summed E-state index contributed by atoms with van der Waals surface area (Å²) in [6.45, 7) is 5.20. The number of H-pyrrole nitrogens is 1. The predicted octanol–water partition coefficient (Wildman–Crippen LogP) is 4.00. The molecule has 0 spiro atoms. The minimum absolute atomic E-state index is 0.0220. The lowest BCUT2D eigenvalue weighted by atomic mass is 9.89. The molecule has 1 aromatic carbocycles. The second-order valence-electron chi connectivity index (χ2n) is 7.39. The van der Waals surface area contributed by atoms with Gasteiger partial charge < -0.3 is 10.3 Å². The van der Waals surface area contributed by atoms with Crippen LogP contribution < -0.4 is 10.9 Å². The predicted molar refractivity (Wildman–Crippen MR) is 108 cm³/mol. The number of aromatic nitrogens is 2. The van der Waals surface area contributed by atoms with Crippen molar-refractivity contribution in [3.63, 3.8) is 0 Å². The highest BCUT2D eigenvalue weighted by atomic mass is 32.1. The molecule has 1 aliphatic carbocycles. The summed E-state index contributed by atoms with van der Waals surface area (Å²) in [7, 11) is 0. The number of aromatic amines is 1. The molecule has 136 valence electrons. The van der Waals surface area contributed by atoms with E-state index in [0.29, 0.717) is 5.92 Å². The molecule has 4 nitrogen and oxygen atoms in total. The number of benzene rings is 1. The van der Waals surface area contributed by atoms with Gasteiger partial charge >= 0.3 is 0 Å². The Bertz CT molecular complexity index is 961. The van der Waals surface area contributed by atoms with Gasteiger partial charge in [0.2, 0.25) is 0 Å². The van der Waals surface area contributed by atoms with Gasteiger partial charge in [0.1, 0.15) is 10.7 Å². The smallest absolute Gasteiger partial charge is 0.259 e. The lowest BCUT2D eigenvalue weighted by Gasteiger charge is -2.17. The Labute approximate surface area is 157 Å². The molecule has 2 atom stereocenters. The van der Waals surface area contributed by atoms with Crippen molar-refractivity contribution in [3.8, 4) is 0 Å². The van der Waals surface area contributed by atoms with Gasteiger partial charge in [-0.05, 0) is 56.2 Å². The fourth-order valence-corrected chi connectivity index (χ4v) is 5.14. The van der Waals surface area contributed by atoms with Crippen molar-refractivity contribution in [1.82, 2.24) is 15.3 Å². The summed E-state index contributed by atoms with van der Waals surface area (Å²) in [5.74, 6) is 1.44. The summed E-state index contributed by atoms with van der Waals surface area (Å²) in [5.41, 5.74) is 2.58. The zero-order chi connectivity index (χ0) is 18.1. The van der Waals surface area contributed by atoms with Crippen LogP contribution in [-0.4, -0.2) is 16.5 Å². The van der Waals surface area contributed by atoms with E-state index in [1.807, 2.05) is 6.07 Å². The third-order valence-electron chi connectivity index (χ3n) is 5.30. The third kappa shape index (κ3) is 3.46. The van der Waals surface area contributed by atoms with Crippen molar-refractivity contribution < 1.29 is 0 Å². The number of hydrogen-bond acceptors (Lipinski definition) is 4. The minimum Gasteiger partial charge on any atom is -0.309 e. The van der Waals surface area contributed by atoms with Gasteiger partial charge in [-0.2, -0.15) is 0 Å². The highest BCUT2D eigenvalue weighted by Crippen LogP contribution is 2.35. The largest absolute Gasteiger partial charge is 0.309 e. The topological polar surface area (TPSA) is 57.8 Å². The molecule has 2 N–H and O–H groups in total. The van der Waals surface area contributed by atoms with E-state index >= 15 is 0 Å². The number of thiophene rings is 1. The standard InChI is InChI=1S/C21H25N3OS/c1-13-8-9-16-17(12-13)26-21-18(16)20(25)23-19(24-21)14(2)22-11-10-15-6-4-3-5-7-15/h3-7,13-14,22H,8-12H2,1-2H3,(H,23,24,25)/t13-,14+/m1/s1. The monoisotopic (exact) mass is 367 g/mol. The molecule has 2 aromatic heterocycles. The molecule has 0 radical (unpaired) electrons. The Kier molecular flexibility index (Phi) is 4.92. The second kappa shape index (κ2) is 7.33. The number of fused-ring (bicyclic) bond motifs is 3. The maximum Gasteiger partial charge on any atom is 0.259 e.